The minimum atomic E-state index is -0.564. The Kier molecular flexibility index (Phi) is 3.25. The van der Waals surface area contributed by atoms with Crippen molar-refractivity contribution in [3.05, 3.63) is 49.6 Å². The molecule has 2 N–H and O–H groups in total. The van der Waals surface area contributed by atoms with Gasteiger partial charge in [-0.3, -0.25) is 14.3 Å². The van der Waals surface area contributed by atoms with Crippen molar-refractivity contribution in [3.63, 3.8) is 0 Å². The number of aromatic nitrogens is 2. The van der Waals surface area contributed by atoms with E-state index in [1.807, 2.05) is 0 Å². The van der Waals surface area contributed by atoms with Crippen LogP contribution in [0.3, 0.4) is 0 Å². The summed E-state index contributed by atoms with van der Waals surface area (Å²) in [5.41, 5.74) is -0.382. The van der Waals surface area contributed by atoms with E-state index >= 15 is 0 Å². The highest BCUT2D eigenvalue weighted by Gasteiger charge is 2.26. The van der Waals surface area contributed by atoms with Gasteiger partial charge in [-0.05, 0) is 37.0 Å². The number of aromatic hydroxyl groups is 1. The third-order valence-electron chi connectivity index (χ3n) is 3.69. The number of rotatable bonds is 2. The molecule has 0 spiro atoms. The average molecular weight is 337 g/mol. The number of nitrogens with one attached hydrogen (secondary N) is 1. The van der Waals surface area contributed by atoms with Gasteiger partial charge in [-0.1, -0.05) is 28.1 Å². The highest BCUT2D eigenvalue weighted by molar-refractivity contribution is 9.10. The van der Waals surface area contributed by atoms with Crippen molar-refractivity contribution < 1.29 is 5.11 Å². The molecule has 6 heteroatoms. The summed E-state index contributed by atoms with van der Waals surface area (Å²) in [5.74, 6) is -0.245. The first kappa shape index (κ1) is 13.2. The van der Waals surface area contributed by atoms with E-state index < -0.39 is 11.2 Å². The summed E-state index contributed by atoms with van der Waals surface area (Å²) in [7, 11) is 0. The lowest BCUT2D eigenvalue weighted by Crippen LogP contribution is -2.35. The molecule has 20 heavy (non-hydrogen) atoms. The molecule has 1 aliphatic rings. The van der Waals surface area contributed by atoms with E-state index in [4.69, 9.17) is 0 Å². The third kappa shape index (κ3) is 2.10. The van der Waals surface area contributed by atoms with Crippen LogP contribution in [-0.4, -0.2) is 14.7 Å². The SMILES string of the molecule is O=c1[nH]c(=O)n(C2CCC2)c(O)c1-c1ccc(Br)cc1. The van der Waals surface area contributed by atoms with Gasteiger partial charge in [0, 0.05) is 10.5 Å². The zero-order chi connectivity index (χ0) is 14.3. The van der Waals surface area contributed by atoms with E-state index in [-0.39, 0.29) is 17.5 Å². The van der Waals surface area contributed by atoms with Gasteiger partial charge < -0.3 is 5.11 Å². The predicted octanol–water partition coefficient (Wildman–Crippen LogP) is 2.40. The van der Waals surface area contributed by atoms with Crippen molar-refractivity contribution in [1.29, 1.82) is 0 Å². The quantitative estimate of drug-likeness (QED) is 0.884. The zero-order valence-corrected chi connectivity index (χ0v) is 12.2. The minimum Gasteiger partial charge on any atom is -0.494 e. The number of hydrogen-bond acceptors (Lipinski definition) is 3. The molecule has 0 amide bonds. The van der Waals surface area contributed by atoms with Gasteiger partial charge in [-0.15, -0.1) is 0 Å². The lowest BCUT2D eigenvalue weighted by atomic mass is 9.92. The third-order valence-corrected chi connectivity index (χ3v) is 4.22. The molecule has 1 saturated carbocycles. The maximum absolute atomic E-state index is 12.0. The van der Waals surface area contributed by atoms with Gasteiger partial charge in [0.25, 0.3) is 5.56 Å². The van der Waals surface area contributed by atoms with Crippen LogP contribution in [0.2, 0.25) is 0 Å². The first-order valence-electron chi connectivity index (χ1n) is 6.41. The molecule has 104 valence electrons. The van der Waals surface area contributed by atoms with E-state index in [2.05, 4.69) is 20.9 Å². The van der Waals surface area contributed by atoms with Crippen LogP contribution in [-0.2, 0) is 0 Å². The van der Waals surface area contributed by atoms with Gasteiger partial charge in [-0.2, -0.15) is 0 Å². The summed E-state index contributed by atoms with van der Waals surface area (Å²) >= 11 is 3.32. The van der Waals surface area contributed by atoms with Crippen LogP contribution in [0.1, 0.15) is 25.3 Å². The molecule has 1 fully saturated rings. The summed E-state index contributed by atoms with van der Waals surface area (Å²) in [6, 6.07) is 7.00. The predicted molar refractivity (Wildman–Crippen MR) is 79.0 cm³/mol. The molecule has 0 bridgehead atoms. The molecular formula is C14H13BrN2O3. The summed E-state index contributed by atoms with van der Waals surface area (Å²) < 4.78 is 2.17. The minimum absolute atomic E-state index is 0.0199. The largest absolute Gasteiger partial charge is 0.494 e. The molecule has 0 aliphatic heterocycles. The fraction of sp³-hybridized carbons (Fsp3) is 0.286. The Labute approximate surface area is 123 Å². The molecule has 5 nitrogen and oxygen atoms in total. The van der Waals surface area contributed by atoms with Crippen molar-refractivity contribution in [2.75, 3.05) is 0 Å². The van der Waals surface area contributed by atoms with E-state index in [0.29, 0.717) is 5.56 Å². The van der Waals surface area contributed by atoms with Crippen molar-refractivity contribution in [2.45, 2.75) is 25.3 Å². The molecular weight excluding hydrogens is 324 g/mol. The Bertz CT molecular complexity index is 757. The Morgan fingerprint density at radius 3 is 2.40 bits per heavy atom. The Morgan fingerprint density at radius 2 is 1.85 bits per heavy atom. The number of benzene rings is 1. The lowest BCUT2D eigenvalue weighted by molar-refractivity contribution is 0.267. The van der Waals surface area contributed by atoms with E-state index in [0.717, 1.165) is 23.7 Å². The second-order valence-electron chi connectivity index (χ2n) is 4.92. The molecule has 0 saturated heterocycles. The summed E-state index contributed by atoms with van der Waals surface area (Å²) in [6.07, 6.45) is 2.72. The van der Waals surface area contributed by atoms with Crippen molar-refractivity contribution in [3.8, 4) is 17.0 Å². The smallest absolute Gasteiger partial charge is 0.331 e. The molecule has 1 heterocycles. The van der Waals surface area contributed by atoms with E-state index in [9.17, 15) is 14.7 Å². The second kappa shape index (κ2) is 4.94. The number of hydrogen-bond donors (Lipinski definition) is 2. The molecule has 0 radical (unpaired) electrons. The van der Waals surface area contributed by atoms with Crippen LogP contribution in [0.15, 0.2) is 38.3 Å². The molecule has 0 atom stereocenters. The first-order valence-corrected chi connectivity index (χ1v) is 7.21. The maximum Gasteiger partial charge on any atom is 0.331 e. The number of aromatic amines is 1. The second-order valence-corrected chi connectivity index (χ2v) is 5.84. The summed E-state index contributed by atoms with van der Waals surface area (Å²) in [5, 5.41) is 10.3. The topological polar surface area (TPSA) is 75.1 Å². The zero-order valence-electron chi connectivity index (χ0n) is 10.6. The van der Waals surface area contributed by atoms with Gasteiger partial charge in [0.05, 0.1) is 0 Å². The van der Waals surface area contributed by atoms with Crippen molar-refractivity contribution in [2.24, 2.45) is 0 Å². The van der Waals surface area contributed by atoms with Crippen LogP contribution >= 0.6 is 15.9 Å². The Balaban J connectivity index is 2.22. The van der Waals surface area contributed by atoms with Gasteiger partial charge in [-0.25, -0.2) is 4.79 Å². The van der Waals surface area contributed by atoms with Gasteiger partial charge in [0.15, 0.2) is 0 Å². The van der Waals surface area contributed by atoms with E-state index in [1.165, 1.54) is 4.57 Å². The number of nitrogens with zero attached hydrogens (tertiary/aromatic N) is 1. The molecule has 2 aromatic rings. The van der Waals surface area contributed by atoms with Crippen LogP contribution in [0.4, 0.5) is 0 Å². The fourth-order valence-corrected chi connectivity index (χ4v) is 2.66. The molecule has 3 rings (SSSR count). The lowest BCUT2D eigenvalue weighted by Gasteiger charge is -2.28. The van der Waals surface area contributed by atoms with Crippen molar-refractivity contribution >= 4 is 15.9 Å². The number of halogens is 1. The molecule has 1 aliphatic carbocycles. The average Bonchev–Trinajstić information content (AvgIpc) is 2.34. The Morgan fingerprint density at radius 1 is 1.20 bits per heavy atom. The van der Waals surface area contributed by atoms with Crippen LogP contribution in [0, 0.1) is 0 Å². The molecule has 0 unspecified atom stereocenters. The molecule has 1 aromatic carbocycles. The summed E-state index contributed by atoms with van der Waals surface area (Å²) in [6.45, 7) is 0. The monoisotopic (exact) mass is 336 g/mol. The van der Waals surface area contributed by atoms with Gasteiger partial charge in [0.2, 0.25) is 5.88 Å². The standard InChI is InChI=1S/C14H13BrN2O3/c15-9-6-4-8(5-7-9)11-12(18)16-14(20)17(13(11)19)10-2-1-3-10/h4-7,10,19H,1-3H2,(H,16,18,20). The van der Waals surface area contributed by atoms with Gasteiger partial charge in [0.1, 0.15) is 5.56 Å². The number of H-pyrrole nitrogens is 1. The normalized spacial score (nSPS) is 15.1. The highest BCUT2D eigenvalue weighted by atomic mass is 79.9. The Hall–Kier alpha value is -1.82. The van der Waals surface area contributed by atoms with Crippen molar-refractivity contribution in [1.82, 2.24) is 9.55 Å². The van der Waals surface area contributed by atoms with E-state index in [1.54, 1.807) is 24.3 Å². The van der Waals surface area contributed by atoms with Crippen LogP contribution < -0.4 is 11.2 Å². The summed E-state index contributed by atoms with van der Waals surface area (Å²) in [4.78, 5) is 26.1. The fourth-order valence-electron chi connectivity index (χ4n) is 2.40. The molecule has 1 aromatic heterocycles. The van der Waals surface area contributed by atoms with Crippen LogP contribution in [0.5, 0.6) is 5.88 Å². The maximum atomic E-state index is 12.0. The van der Waals surface area contributed by atoms with Crippen LogP contribution in [0.25, 0.3) is 11.1 Å². The highest BCUT2D eigenvalue weighted by Crippen LogP contribution is 2.35. The first-order chi connectivity index (χ1) is 9.58. The van der Waals surface area contributed by atoms with Gasteiger partial charge >= 0.3 is 5.69 Å².